The van der Waals surface area contributed by atoms with Crippen LogP contribution in [0.4, 0.5) is 4.39 Å². The Kier molecular flexibility index (Phi) is 3.72. The quantitative estimate of drug-likeness (QED) is 0.897. The first kappa shape index (κ1) is 12.7. The van der Waals surface area contributed by atoms with Crippen molar-refractivity contribution in [2.24, 2.45) is 0 Å². The number of pyridine rings is 1. The van der Waals surface area contributed by atoms with Crippen molar-refractivity contribution in [1.29, 1.82) is 0 Å². The molecule has 1 atom stereocenters. The number of rotatable bonds is 3. The lowest BCUT2D eigenvalue weighted by Crippen LogP contribution is -2.20. The van der Waals surface area contributed by atoms with Gasteiger partial charge in [-0.2, -0.15) is 0 Å². The predicted molar refractivity (Wildman–Crippen MR) is 71.0 cm³/mol. The summed E-state index contributed by atoms with van der Waals surface area (Å²) in [4.78, 5) is 4.42. The van der Waals surface area contributed by atoms with Crippen molar-refractivity contribution in [2.75, 3.05) is 7.05 Å². The van der Waals surface area contributed by atoms with Gasteiger partial charge < -0.3 is 5.32 Å². The summed E-state index contributed by atoms with van der Waals surface area (Å²) >= 11 is 0. The standard InChI is InChI=1S/C15H17FN2/c1-10-5-4-8-18-14(10)15(17-3)12-6-7-13(16)11(2)9-12/h4-9,15,17H,1-3H3. The Morgan fingerprint density at radius 3 is 2.56 bits per heavy atom. The average molecular weight is 244 g/mol. The van der Waals surface area contributed by atoms with Crippen molar-refractivity contribution in [3.8, 4) is 0 Å². The second-order valence-corrected chi connectivity index (χ2v) is 4.44. The minimum Gasteiger partial charge on any atom is -0.308 e. The van der Waals surface area contributed by atoms with Gasteiger partial charge in [-0.15, -0.1) is 0 Å². The van der Waals surface area contributed by atoms with Crippen LogP contribution in [0.3, 0.4) is 0 Å². The molecule has 0 aliphatic rings. The van der Waals surface area contributed by atoms with Crippen LogP contribution in [0.5, 0.6) is 0 Å². The van der Waals surface area contributed by atoms with Crippen LogP contribution in [0.15, 0.2) is 36.5 Å². The first-order valence-corrected chi connectivity index (χ1v) is 5.98. The molecule has 1 unspecified atom stereocenters. The van der Waals surface area contributed by atoms with E-state index in [2.05, 4.69) is 10.3 Å². The Bertz CT molecular complexity index is 552. The maximum atomic E-state index is 13.3. The van der Waals surface area contributed by atoms with E-state index in [1.54, 1.807) is 19.2 Å². The number of hydrogen-bond donors (Lipinski definition) is 1. The van der Waals surface area contributed by atoms with Gasteiger partial charge in [-0.3, -0.25) is 4.98 Å². The third kappa shape index (κ3) is 2.41. The molecule has 1 heterocycles. The summed E-state index contributed by atoms with van der Waals surface area (Å²) in [5.41, 5.74) is 3.78. The van der Waals surface area contributed by atoms with Crippen LogP contribution < -0.4 is 5.32 Å². The minimum atomic E-state index is -0.175. The second-order valence-electron chi connectivity index (χ2n) is 4.44. The molecular formula is C15H17FN2. The molecule has 1 aromatic heterocycles. The van der Waals surface area contributed by atoms with E-state index in [1.807, 2.05) is 32.2 Å². The van der Waals surface area contributed by atoms with E-state index >= 15 is 0 Å². The van der Waals surface area contributed by atoms with Gasteiger partial charge in [-0.1, -0.05) is 18.2 Å². The monoisotopic (exact) mass is 244 g/mol. The Balaban J connectivity index is 2.45. The van der Waals surface area contributed by atoms with E-state index in [4.69, 9.17) is 0 Å². The number of nitrogens with zero attached hydrogens (tertiary/aromatic N) is 1. The summed E-state index contributed by atoms with van der Waals surface area (Å²) in [6.07, 6.45) is 1.78. The van der Waals surface area contributed by atoms with Crippen LogP contribution in [0.1, 0.15) is 28.4 Å². The van der Waals surface area contributed by atoms with Gasteiger partial charge in [-0.05, 0) is 49.7 Å². The van der Waals surface area contributed by atoms with Gasteiger partial charge in [-0.25, -0.2) is 4.39 Å². The number of aromatic nitrogens is 1. The van der Waals surface area contributed by atoms with Crippen molar-refractivity contribution in [3.63, 3.8) is 0 Å². The second kappa shape index (κ2) is 5.27. The summed E-state index contributed by atoms with van der Waals surface area (Å²) in [6.45, 7) is 3.81. The molecule has 0 aliphatic heterocycles. The Morgan fingerprint density at radius 1 is 1.17 bits per heavy atom. The molecule has 2 rings (SSSR count). The van der Waals surface area contributed by atoms with Crippen molar-refractivity contribution in [2.45, 2.75) is 19.9 Å². The van der Waals surface area contributed by atoms with Gasteiger partial charge in [0.2, 0.25) is 0 Å². The molecule has 0 saturated carbocycles. The predicted octanol–water partition coefficient (Wildman–Crippen LogP) is 3.15. The molecule has 0 radical (unpaired) electrons. The summed E-state index contributed by atoms with van der Waals surface area (Å²) in [5.74, 6) is -0.175. The molecule has 0 fully saturated rings. The van der Waals surface area contributed by atoms with Gasteiger partial charge in [0.25, 0.3) is 0 Å². The summed E-state index contributed by atoms with van der Waals surface area (Å²) < 4.78 is 13.3. The molecule has 3 heteroatoms. The summed E-state index contributed by atoms with van der Waals surface area (Å²) in [7, 11) is 1.89. The molecule has 1 N–H and O–H groups in total. The molecule has 18 heavy (non-hydrogen) atoms. The van der Waals surface area contributed by atoms with E-state index in [0.29, 0.717) is 5.56 Å². The fraction of sp³-hybridized carbons (Fsp3) is 0.267. The zero-order chi connectivity index (χ0) is 13.1. The van der Waals surface area contributed by atoms with Crippen LogP contribution in [0, 0.1) is 19.7 Å². The zero-order valence-electron chi connectivity index (χ0n) is 10.9. The molecule has 2 nitrogen and oxygen atoms in total. The minimum absolute atomic E-state index is 0.00880. The van der Waals surface area contributed by atoms with Crippen LogP contribution in [-0.4, -0.2) is 12.0 Å². The van der Waals surface area contributed by atoms with Gasteiger partial charge in [0.05, 0.1) is 11.7 Å². The van der Waals surface area contributed by atoms with Crippen LogP contribution >= 0.6 is 0 Å². The molecule has 2 aromatic rings. The highest BCUT2D eigenvalue weighted by molar-refractivity contribution is 5.34. The molecule has 0 spiro atoms. The van der Waals surface area contributed by atoms with Crippen LogP contribution in [0.25, 0.3) is 0 Å². The Hall–Kier alpha value is -1.74. The van der Waals surface area contributed by atoms with Gasteiger partial charge in [0.15, 0.2) is 0 Å². The lowest BCUT2D eigenvalue weighted by molar-refractivity contribution is 0.612. The van der Waals surface area contributed by atoms with E-state index in [9.17, 15) is 4.39 Å². The number of nitrogens with one attached hydrogen (secondary N) is 1. The highest BCUT2D eigenvalue weighted by Crippen LogP contribution is 2.24. The van der Waals surface area contributed by atoms with Gasteiger partial charge in [0.1, 0.15) is 5.82 Å². The van der Waals surface area contributed by atoms with Crippen molar-refractivity contribution in [1.82, 2.24) is 10.3 Å². The SMILES string of the molecule is CNC(c1ccc(F)c(C)c1)c1ncccc1C. The maximum absolute atomic E-state index is 13.3. The fourth-order valence-electron chi connectivity index (χ4n) is 2.11. The van der Waals surface area contributed by atoms with Crippen molar-refractivity contribution >= 4 is 0 Å². The smallest absolute Gasteiger partial charge is 0.126 e. The third-order valence-corrected chi connectivity index (χ3v) is 3.13. The van der Waals surface area contributed by atoms with Crippen LogP contribution in [0.2, 0.25) is 0 Å². The number of hydrogen-bond acceptors (Lipinski definition) is 2. The van der Waals surface area contributed by atoms with Gasteiger partial charge >= 0.3 is 0 Å². The fourth-order valence-corrected chi connectivity index (χ4v) is 2.11. The van der Waals surface area contributed by atoms with E-state index in [-0.39, 0.29) is 11.9 Å². The average Bonchev–Trinajstić information content (AvgIpc) is 2.37. The highest BCUT2D eigenvalue weighted by atomic mass is 19.1. The number of benzene rings is 1. The molecule has 0 bridgehead atoms. The topological polar surface area (TPSA) is 24.9 Å². The lowest BCUT2D eigenvalue weighted by Gasteiger charge is -2.18. The zero-order valence-corrected chi connectivity index (χ0v) is 10.9. The molecule has 0 saturated heterocycles. The largest absolute Gasteiger partial charge is 0.308 e. The number of aryl methyl sites for hydroxylation is 2. The maximum Gasteiger partial charge on any atom is 0.126 e. The molecule has 94 valence electrons. The van der Waals surface area contributed by atoms with Gasteiger partial charge in [0, 0.05) is 6.20 Å². The Labute approximate surface area is 107 Å². The van der Waals surface area contributed by atoms with Crippen LogP contribution in [-0.2, 0) is 0 Å². The molecular weight excluding hydrogens is 227 g/mol. The summed E-state index contributed by atoms with van der Waals surface area (Å²) in [5, 5.41) is 3.24. The van der Waals surface area contributed by atoms with Crippen molar-refractivity contribution < 1.29 is 4.39 Å². The Morgan fingerprint density at radius 2 is 1.94 bits per heavy atom. The first-order chi connectivity index (χ1) is 8.63. The first-order valence-electron chi connectivity index (χ1n) is 5.98. The third-order valence-electron chi connectivity index (χ3n) is 3.13. The molecule has 0 aliphatic carbocycles. The van der Waals surface area contributed by atoms with E-state index < -0.39 is 0 Å². The number of halogens is 1. The molecule has 0 amide bonds. The lowest BCUT2D eigenvalue weighted by atomic mass is 9.98. The highest BCUT2D eigenvalue weighted by Gasteiger charge is 2.16. The molecule has 1 aromatic carbocycles. The van der Waals surface area contributed by atoms with E-state index in [1.165, 1.54) is 6.07 Å². The van der Waals surface area contributed by atoms with Crippen molar-refractivity contribution in [3.05, 3.63) is 64.7 Å². The normalized spacial score (nSPS) is 12.4. The van der Waals surface area contributed by atoms with E-state index in [0.717, 1.165) is 16.8 Å². The summed E-state index contributed by atoms with van der Waals surface area (Å²) in [6, 6.07) is 9.12.